The van der Waals surface area contributed by atoms with Gasteiger partial charge in [-0.3, -0.25) is 4.99 Å². The maximum absolute atomic E-state index is 12.2. The van der Waals surface area contributed by atoms with Gasteiger partial charge in [-0.15, -0.1) is 0 Å². The lowest BCUT2D eigenvalue weighted by atomic mass is 9.83. The summed E-state index contributed by atoms with van der Waals surface area (Å²) in [5.74, 6) is -2.96. The highest BCUT2D eigenvalue weighted by atomic mass is 16.5. The second-order valence-electron chi connectivity index (χ2n) is 6.68. The normalized spacial score (nSPS) is 19.6. The molecule has 1 aromatic carbocycles. The maximum atomic E-state index is 12.2. The number of dihydropyridines is 1. The highest BCUT2D eigenvalue weighted by Crippen LogP contribution is 2.32. The lowest BCUT2D eigenvalue weighted by molar-refractivity contribution is -0.142. The van der Waals surface area contributed by atoms with Gasteiger partial charge in [0.15, 0.2) is 5.76 Å². The number of aliphatic imine (C=N–C) groups is 1. The van der Waals surface area contributed by atoms with Gasteiger partial charge in [0.2, 0.25) is 5.76 Å². The Labute approximate surface area is 176 Å². The SMILES string of the molecule is CCOC(=O)/C(O)=C/C1N=CC=C(/C(Cc2ccccc2)=C(/O)C(=O)OCC)C1C. The number of ether oxygens (including phenoxy) is 2. The van der Waals surface area contributed by atoms with E-state index in [9.17, 15) is 19.8 Å². The number of nitrogens with zero attached hydrogens (tertiary/aromatic N) is 1. The Hall–Kier alpha value is -3.35. The van der Waals surface area contributed by atoms with Gasteiger partial charge in [0, 0.05) is 24.1 Å². The van der Waals surface area contributed by atoms with Crippen LogP contribution in [0.2, 0.25) is 0 Å². The zero-order valence-electron chi connectivity index (χ0n) is 17.4. The van der Waals surface area contributed by atoms with Crippen molar-refractivity contribution in [1.82, 2.24) is 0 Å². The predicted octanol–water partition coefficient (Wildman–Crippen LogP) is 3.62. The molecular weight excluding hydrogens is 386 g/mol. The van der Waals surface area contributed by atoms with E-state index in [2.05, 4.69) is 4.99 Å². The number of carbonyl (C=O) groups excluding carboxylic acids is 2. The van der Waals surface area contributed by atoms with Crippen LogP contribution in [0.3, 0.4) is 0 Å². The summed E-state index contributed by atoms with van der Waals surface area (Å²) in [6, 6.07) is 8.84. The van der Waals surface area contributed by atoms with Crippen molar-refractivity contribution in [1.29, 1.82) is 0 Å². The third kappa shape index (κ3) is 5.83. The molecular formula is C23H27NO6. The Balaban J connectivity index is 2.40. The number of hydrogen-bond acceptors (Lipinski definition) is 7. The Kier molecular flexibility index (Phi) is 8.41. The second kappa shape index (κ2) is 11.0. The highest BCUT2D eigenvalue weighted by molar-refractivity contribution is 5.89. The molecule has 2 unspecified atom stereocenters. The number of aliphatic hydroxyl groups excluding tert-OH is 2. The topological polar surface area (TPSA) is 105 Å². The fraction of sp³-hybridized carbons (Fsp3) is 0.348. The molecule has 0 fully saturated rings. The quantitative estimate of drug-likeness (QED) is 0.383. The molecule has 0 aliphatic carbocycles. The standard InChI is InChI=1S/C23H27NO6/c1-4-29-22(27)20(25)14-19-15(3)17(11-12-24-19)18(21(26)23(28)30-5-2)13-16-9-7-6-8-10-16/h6-12,14-15,19,25-26H,4-5,13H2,1-3H3/b20-14-,21-18+. The van der Waals surface area contributed by atoms with E-state index in [1.165, 1.54) is 12.3 Å². The third-order valence-electron chi connectivity index (χ3n) is 4.66. The molecule has 2 rings (SSSR count). The van der Waals surface area contributed by atoms with Crippen LogP contribution in [-0.2, 0) is 25.5 Å². The molecule has 7 nitrogen and oxygen atoms in total. The second-order valence-corrected chi connectivity index (χ2v) is 6.68. The fourth-order valence-corrected chi connectivity index (χ4v) is 3.13. The van der Waals surface area contributed by atoms with Crippen molar-refractivity contribution in [3.05, 3.63) is 70.7 Å². The zero-order valence-corrected chi connectivity index (χ0v) is 17.4. The van der Waals surface area contributed by atoms with E-state index in [-0.39, 0.29) is 19.1 Å². The van der Waals surface area contributed by atoms with Gasteiger partial charge in [-0.1, -0.05) is 37.3 Å². The number of allylic oxidation sites excluding steroid dienone is 2. The van der Waals surface area contributed by atoms with Crippen LogP contribution in [-0.4, -0.2) is 47.6 Å². The van der Waals surface area contributed by atoms with Crippen molar-refractivity contribution in [2.24, 2.45) is 10.9 Å². The molecule has 0 saturated heterocycles. The van der Waals surface area contributed by atoms with Crippen LogP contribution >= 0.6 is 0 Å². The molecule has 7 heteroatoms. The van der Waals surface area contributed by atoms with Crippen LogP contribution in [0.25, 0.3) is 0 Å². The van der Waals surface area contributed by atoms with E-state index >= 15 is 0 Å². The monoisotopic (exact) mass is 413 g/mol. The van der Waals surface area contributed by atoms with E-state index < -0.39 is 29.5 Å². The Morgan fingerprint density at radius 3 is 2.33 bits per heavy atom. The van der Waals surface area contributed by atoms with Gasteiger partial charge in [-0.2, -0.15) is 0 Å². The summed E-state index contributed by atoms with van der Waals surface area (Å²) in [5.41, 5.74) is 1.98. The average molecular weight is 413 g/mol. The summed E-state index contributed by atoms with van der Waals surface area (Å²) in [5, 5.41) is 20.7. The minimum atomic E-state index is -0.828. The molecule has 0 aromatic heterocycles. The van der Waals surface area contributed by atoms with Gasteiger partial charge in [0.25, 0.3) is 0 Å². The van der Waals surface area contributed by atoms with Crippen molar-refractivity contribution in [2.75, 3.05) is 13.2 Å². The molecule has 0 saturated carbocycles. The third-order valence-corrected chi connectivity index (χ3v) is 4.66. The predicted molar refractivity (Wildman–Crippen MR) is 113 cm³/mol. The fourth-order valence-electron chi connectivity index (χ4n) is 3.13. The summed E-state index contributed by atoms with van der Waals surface area (Å²) in [6.45, 7) is 5.42. The summed E-state index contributed by atoms with van der Waals surface area (Å²) >= 11 is 0. The van der Waals surface area contributed by atoms with Gasteiger partial charge < -0.3 is 19.7 Å². The smallest absolute Gasteiger partial charge is 0.373 e. The minimum absolute atomic E-state index is 0.135. The first kappa shape index (κ1) is 22.9. The van der Waals surface area contributed by atoms with E-state index in [1.807, 2.05) is 37.3 Å². The number of hydrogen-bond donors (Lipinski definition) is 2. The van der Waals surface area contributed by atoms with Gasteiger partial charge in [-0.05, 0) is 37.1 Å². The van der Waals surface area contributed by atoms with Crippen molar-refractivity contribution in [3.63, 3.8) is 0 Å². The van der Waals surface area contributed by atoms with Crippen LogP contribution in [0, 0.1) is 5.92 Å². The molecule has 1 heterocycles. The number of aliphatic hydroxyl groups is 2. The molecule has 0 radical (unpaired) electrons. The number of carbonyl (C=O) groups is 2. The molecule has 0 spiro atoms. The highest BCUT2D eigenvalue weighted by Gasteiger charge is 2.28. The molecule has 1 aliphatic rings. The van der Waals surface area contributed by atoms with Gasteiger partial charge in [0.1, 0.15) is 0 Å². The molecule has 1 aromatic rings. The van der Waals surface area contributed by atoms with Crippen LogP contribution in [0.1, 0.15) is 26.3 Å². The molecule has 0 amide bonds. The first-order chi connectivity index (χ1) is 14.4. The summed E-state index contributed by atoms with van der Waals surface area (Å²) < 4.78 is 9.77. The van der Waals surface area contributed by atoms with Crippen molar-refractivity contribution >= 4 is 18.2 Å². The molecule has 2 N–H and O–H groups in total. The van der Waals surface area contributed by atoms with Crippen molar-refractivity contribution < 1.29 is 29.3 Å². The largest absolute Gasteiger partial charge is 0.502 e. The summed E-state index contributed by atoms with van der Waals surface area (Å²) in [7, 11) is 0. The van der Waals surface area contributed by atoms with Crippen LogP contribution in [0.4, 0.5) is 0 Å². The molecule has 1 aliphatic heterocycles. The van der Waals surface area contributed by atoms with Gasteiger partial charge >= 0.3 is 11.9 Å². The molecule has 0 bridgehead atoms. The Morgan fingerprint density at radius 1 is 1.07 bits per heavy atom. The van der Waals surface area contributed by atoms with Crippen molar-refractivity contribution in [3.8, 4) is 0 Å². The van der Waals surface area contributed by atoms with E-state index in [0.717, 1.165) is 5.56 Å². The van der Waals surface area contributed by atoms with Crippen LogP contribution < -0.4 is 0 Å². The van der Waals surface area contributed by atoms with Crippen LogP contribution in [0.5, 0.6) is 0 Å². The number of benzene rings is 1. The lowest BCUT2D eigenvalue weighted by Crippen LogP contribution is -2.24. The number of rotatable bonds is 8. The first-order valence-electron chi connectivity index (χ1n) is 9.83. The van der Waals surface area contributed by atoms with E-state index in [4.69, 9.17) is 9.47 Å². The number of esters is 2. The van der Waals surface area contributed by atoms with E-state index in [0.29, 0.717) is 17.6 Å². The Morgan fingerprint density at radius 2 is 1.70 bits per heavy atom. The lowest BCUT2D eigenvalue weighted by Gasteiger charge is -2.26. The average Bonchev–Trinajstić information content (AvgIpc) is 2.74. The summed E-state index contributed by atoms with van der Waals surface area (Å²) in [6.07, 6.45) is 4.85. The molecule has 30 heavy (non-hydrogen) atoms. The van der Waals surface area contributed by atoms with Crippen molar-refractivity contribution in [2.45, 2.75) is 33.2 Å². The van der Waals surface area contributed by atoms with Gasteiger partial charge in [-0.25, -0.2) is 9.59 Å². The molecule has 2 atom stereocenters. The zero-order chi connectivity index (χ0) is 22.1. The maximum Gasteiger partial charge on any atom is 0.373 e. The van der Waals surface area contributed by atoms with Gasteiger partial charge in [0.05, 0.1) is 19.3 Å². The minimum Gasteiger partial charge on any atom is -0.502 e. The first-order valence-corrected chi connectivity index (χ1v) is 9.83. The Bertz CT molecular complexity index is 882. The van der Waals surface area contributed by atoms with E-state index in [1.54, 1.807) is 19.9 Å². The summed E-state index contributed by atoms with van der Waals surface area (Å²) in [4.78, 5) is 28.3. The van der Waals surface area contributed by atoms with Crippen LogP contribution in [0.15, 0.2) is 70.1 Å². The molecule has 160 valence electrons.